The zero-order chi connectivity index (χ0) is 30.2. The fourth-order valence-corrected chi connectivity index (χ4v) is 8.60. The van der Waals surface area contributed by atoms with Gasteiger partial charge in [0, 0.05) is 5.41 Å². The van der Waals surface area contributed by atoms with E-state index >= 15 is 0 Å². The summed E-state index contributed by atoms with van der Waals surface area (Å²) in [5.41, 5.74) is 0.661. The van der Waals surface area contributed by atoms with Crippen LogP contribution in [-0.4, -0.2) is 63.8 Å². The number of hydrogen-bond donors (Lipinski definition) is 4. The molecule has 4 N–H and O–H groups in total. The first-order valence-corrected chi connectivity index (χ1v) is 15.2. The molecule has 10 heteroatoms. The SMILES string of the molecule is CCC[C@H](NC(=O)[C@H](C)NC(=O)CO/N=C1/C=C2CC[C@H]3[C@@H](CC[C@@]4(C)[C@@H]3CC[C@]4(O)C(C)=O)[C@@]2(C)CC1)C(=O)O. The molecule has 10 nitrogen and oxygen atoms in total. The number of aliphatic hydroxyl groups is 1. The summed E-state index contributed by atoms with van der Waals surface area (Å²) in [5.74, 6) is -0.915. The van der Waals surface area contributed by atoms with Gasteiger partial charge in [-0.05, 0) is 101 Å². The number of carbonyl (C=O) groups excluding carboxylic acids is 3. The maximum Gasteiger partial charge on any atom is 0.326 e. The molecule has 0 aromatic heterocycles. The lowest BCUT2D eigenvalue weighted by Crippen LogP contribution is -2.57. The van der Waals surface area contributed by atoms with Crippen molar-refractivity contribution in [2.24, 2.45) is 33.7 Å². The van der Waals surface area contributed by atoms with Crippen LogP contribution < -0.4 is 10.6 Å². The van der Waals surface area contributed by atoms with Crippen LogP contribution in [0.3, 0.4) is 0 Å². The summed E-state index contributed by atoms with van der Waals surface area (Å²) < 4.78 is 0. The fourth-order valence-electron chi connectivity index (χ4n) is 8.60. The number of ketones is 1. The van der Waals surface area contributed by atoms with E-state index in [9.17, 15) is 29.4 Å². The molecule has 0 spiro atoms. The Balaban J connectivity index is 1.33. The van der Waals surface area contributed by atoms with Gasteiger partial charge in [-0.1, -0.05) is 37.9 Å². The highest BCUT2D eigenvalue weighted by molar-refractivity contribution is 5.96. The van der Waals surface area contributed by atoms with Crippen molar-refractivity contribution in [3.8, 4) is 0 Å². The second-order valence-electron chi connectivity index (χ2n) is 13.2. The van der Waals surface area contributed by atoms with E-state index < -0.39 is 35.5 Å². The van der Waals surface area contributed by atoms with Gasteiger partial charge in [-0.15, -0.1) is 0 Å². The lowest BCUT2D eigenvalue weighted by atomic mass is 9.46. The maximum absolute atomic E-state index is 12.5. The van der Waals surface area contributed by atoms with E-state index in [0.29, 0.717) is 37.0 Å². The molecular formula is C31H47N3O7. The van der Waals surface area contributed by atoms with Crippen LogP contribution in [0.5, 0.6) is 0 Å². The minimum atomic E-state index is -1.20. The lowest BCUT2D eigenvalue weighted by molar-refractivity contribution is -0.159. The molecule has 41 heavy (non-hydrogen) atoms. The summed E-state index contributed by atoms with van der Waals surface area (Å²) in [7, 11) is 0. The molecule has 0 radical (unpaired) electrons. The first kappa shape index (κ1) is 31.2. The number of carbonyl (C=O) groups is 4. The highest BCUT2D eigenvalue weighted by Crippen LogP contribution is 2.67. The predicted molar refractivity (Wildman–Crippen MR) is 153 cm³/mol. The van der Waals surface area contributed by atoms with E-state index in [4.69, 9.17) is 4.84 Å². The van der Waals surface area contributed by atoms with Crippen LogP contribution in [0.15, 0.2) is 16.8 Å². The zero-order valence-electron chi connectivity index (χ0n) is 25.1. The Kier molecular flexibility index (Phi) is 9.02. The van der Waals surface area contributed by atoms with Crippen molar-refractivity contribution in [3.05, 3.63) is 11.6 Å². The molecule has 0 aromatic rings. The molecule has 0 unspecified atom stereocenters. The van der Waals surface area contributed by atoms with E-state index in [0.717, 1.165) is 50.7 Å². The average molecular weight is 574 g/mol. The smallest absolute Gasteiger partial charge is 0.326 e. The number of hydrogen-bond acceptors (Lipinski definition) is 7. The second kappa shape index (κ2) is 11.9. The van der Waals surface area contributed by atoms with E-state index in [2.05, 4.69) is 35.7 Å². The topological polar surface area (TPSA) is 154 Å². The van der Waals surface area contributed by atoms with Crippen LogP contribution in [0.25, 0.3) is 0 Å². The van der Waals surface area contributed by atoms with Gasteiger partial charge in [0.1, 0.15) is 17.7 Å². The van der Waals surface area contributed by atoms with Crippen molar-refractivity contribution in [2.75, 3.05) is 6.61 Å². The molecule has 228 valence electrons. The van der Waals surface area contributed by atoms with E-state index in [1.54, 1.807) is 6.92 Å². The number of nitrogens with zero attached hydrogens (tertiary/aromatic N) is 1. The van der Waals surface area contributed by atoms with Crippen molar-refractivity contribution in [1.29, 1.82) is 0 Å². The Bertz CT molecular complexity index is 1130. The number of oxime groups is 1. The third-order valence-corrected chi connectivity index (χ3v) is 11.1. The van der Waals surface area contributed by atoms with Crippen LogP contribution in [0.1, 0.15) is 98.8 Å². The number of Topliss-reactive ketones (excluding diaryl/α,β-unsaturated/α-hetero) is 1. The van der Waals surface area contributed by atoms with Crippen molar-refractivity contribution in [2.45, 2.75) is 117 Å². The van der Waals surface area contributed by atoms with Gasteiger partial charge in [0.2, 0.25) is 5.91 Å². The Morgan fingerprint density at radius 2 is 1.78 bits per heavy atom. The summed E-state index contributed by atoms with van der Waals surface area (Å²) in [5, 5.41) is 29.8. The van der Waals surface area contributed by atoms with Crippen LogP contribution in [0.2, 0.25) is 0 Å². The Hall–Kier alpha value is -2.75. The van der Waals surface area contributed by atoms with Gasteiger partial charge < -0.3 is 25.7 Å². The van der Waals surface area contributed by atoms with Gasteiger partial charge in [0.15, 0.2) is 12.4 Å². The number of amides is 2. The zero-order valence-corrected chi connectivity index (χ0v) is 25.1. The second-order valence-corrected chi connectivity index (χ2v) is 13.2. The maximum atomic E-state index is 12.5. The number of fused-ring (bicyclic) bond motifs is 5. The number of carboxylic acids is 1. The highest BCUT2D eigenvalue weighted by Gasteiger charge is 2.65. The molecule has 0 aliphatic heterocycles. The number of aliphatic carboxylic acids is 1. The molecule has 0 heterocycles. The van der Waals surface area contributed by atoms with Gasteiger partial charge in [0.25, 0.3) is 5.91 Å². The monoisotopic (exact) mass is 573 g/mol. The Morgan fingerprint density at radius 3 is 2.44 bits per heavy atom. The number of carboxylic acid groups (broad SMARTS) is 1. The van der Waals surface area contributed by atoms with Crippen LogP contribution in [0.4, 0.5) is 0 Å². The minimum absolute atomic E-state index is 0.0476. The molecular weight excluding hydrogens is 526 g/mol. The molecule has 3 saturated carbocycles. The third-order valence-electron chi connectivity index (χ3n) is 11.1. The van der Waals surface area contributed by atoms with Crippen LogP contribution in [0, 0.1) is 28.6 Å². The molecule has 2 amide bonds. The third kappa shape index (κ3) is 5.68. The average Bonchev–Trinajstić information content (AvgIpc) is 3.20. The van der Waals surface area contributed by atoms with Crippen molar-refractivity contribution in [3.63, 3.8) is 0 Å². The predicted octanol–water partition coefficient (Wildman–Crippen LogP) is 3.52. The summed E-state index contributed by atoms with van der Waals surface area (Å²) >= 11 is 0. The van der Waals surface area contributed by atoms with Crippen molar-refractivity contribution < 1.29 is 34.2 Å². The summed E-state index contributed by atoms with van der Waals surface area (Å²) in [6.45, 7) is 9.02. The van der Waals surface area contributed by atoms with Crippen molar-refractivity contribution in [1.82, 2.24) is 10.6 Å². The normalized spacial score (nSPS) is 36.6. The lowest BCUT2D eigenvalue weighted by Gasteiger charge is -2.59. The number of allylic oxidation sites excluding steroid dienone is 2. The summed E-state index contributed by atoms with van der Waals surface area (Å²) in [6, 6.07) is -1.90. The van der Waals surface area contributed by atoms with E-state index in [-0.39, 0.29) is 23.2 Å². The van der Waals surface area contributed by atoms with Gasteiger partial charge >= 0.3 is 5.97 Å². The Morgan fingerprint density at radius 1 is 1.07 bits per heavy atom. The quantitative estimate of drug-likeness (QED) is 0.292. The standard InChI is InChI=1S/C31H47N3O7/c1-6-7-25(28(38)39)33-27(37)18(2)32-26(36)17-41-34-21-10-13-29(4)20(16-21)8-9-22-23(29)11-14-30(5)24(22)12-15-31(30,40)19(3)35/h16,18,22-25,40H,6-15,17H2,1-5H3,(H,32,36)(H,33,37)(H,38,39)/b34-21+/t18-,22-,23+,24+,25-,29-,30-,31-/m0/s1. The van der Waals surface area contributed by atoms with Crippen LogP contribution >= 0.6 is 0 Å². The number of nitrogens with one attached hydrogen (secondary N) is 2. The van der Waals surface area contributed by atoms with Gasteiger partial charge in [-0.25, -0.2) is 4.79 Å². The van der Waals surface area contributed by atoms with E-state index in [1.807, 2.05) is 6.92 Å². The van der Waals surface area contributed by atoms with Crippen LogP contribution in [-0.2, 0) is 24.0 Å². The fraction of sp³-hybridized carbons (Fsp3) is 0.774. The first-order valence-electron chi connectivity index (χ1n) is 15.2. The molecule has 4 aliphatic carbocycles. The number of rotatable bonds is 10. The highest BCUT2D eigenvalue weighted by atomic mass is 16.6. The summed E-state index contributed by atoms with van der Waals surface area (Å²) in [4.78, 5) is 53.7. The molecule has 8 atom stereocenters. The molecule has 4 aliphatic rings. The summed E-state index contributed by atoms with van der Waals surface area (Å²) in [6.07, 6.45) is 10.0. The molecule has 0 saturated heterocycles. The van der Waals surface area contributed by atoms with Crippen molar-refractivity contribution >= 4 is 29.3 Å². The van der Waals surface area contributed by atoms with E-state index in [1.165, 1.54) is 12.5 Å². The molecule has 0 bridgehead atoms. The first-order chi connectivity index (χ1) is 19.3. The van der Waals surface area contributed by atoms with Gasteiger partial charge in [-0.2, -0.15) is 0 Å². The van der Waals surface area contributed by atoms with Gasteiger partial charge in [0.05, 0.1) is 5.71 Å². The molecule has 4 rings (SSSR count). The van der Waals surface area contributed by atoms with Gasteiger partial charge in [-0.3, -0.25) is 14.4 Å². The largest absolute Gasteiger partial charge is 0.480 e. The Labute approximate surface area is 242 Å². The molecule has 3 fully saturated rings. The minimum Gasteiger partial charge on any atom is -0.480 e. The molecule has 0 aromatic carbocycles.